The van der Waals surface area contributed by atoms with Crippen molar-refractivity contribution >= 4 is 23.4 Å². The maximum absolute atomic E-state index is 13.5. The number of aromatic nitrogens is 3. The molecule has 0 fully saturated rings. The fourth-order valence-corrected chi connectivity index (χ4v) is 4.81. The van der Waals surface area contributed by atoms with Crippen LogP contribution in [-0.2, 0) is 16.1 Å². The molecule has 0 saturated heterocycles. The summed E-state index contributed by atoms with van der Waals surface area (Å²) < 4.78 is 14.2. The van der Waals surface area contributed by atoms with E-state index in [1.54, 1.807) is 30.7 Å². The van der Waals surface area contributed by atoms with Gasteiger partial charge in [-0.25, -0.2) is 9.79 Å². The van der Waals surface area contributed by atoms with Crippen LogP contribution in [0.3, 0.4) is 0 Å². The van der Waals surface area contributed by atoms with Crippen LogP contribution in [0.25, 0.3) is 6.08 Å². The summed E-state index contributed by atoms with van der Waals surface area (Å²) in [5.74, 6) is 0.173. The van der Waals surface area contributed by atoms with Crippen LogP contribution in [-0.4, -0.2) is 34.5 Å². The van der Waals surface area contributed by atoms with Crippen molar-refractivity contribution in [3.8, 4) is 5.75 Å². The number of hydrogen-bond donors (Lipinski definition) is 0. The number of carbonyl (C=O) groups excluding carboxylic acids is 1. The maximum Gasteiger partial charge on any atom is 0.338 e. The lowest BCUT2D eigenvalue weighted by atomic mass is 9.96. The Hall–Kier alpha value is -3.46. The van der Waals surface area contributed by atoms with Crippen LogP contribution in [0, 0.1) is 6.92 Å². The quantitative estimate of drug-likeness (QED) is 0.552. The van der Waals surface area contributed by atoms with Gasteiger partial charge in [-0.1, -0.05) is 23.5 Å². The fraction of sp³-hybridized carbons (Fsp3) is 0.304. The second-order valence-corrected chi connectivity index (χ2v) is 8.38. The van der Waals surface area contributed by atoms with Crippen LogP contribution in [0.1, 0.15) is 36.7 Å². The summed E-state index contributed by atoms with van der Waals surface area (Å²) in [6.07, 6.45) is 3.75. The standard InChI is InChI=1S/C23H24N4O4S/c1-6-26-12-16(13(2)25-26)11-18-21(28)27-20(15-7-9-17(30-4)10-8-15)19(22(29)31-5)14(3)24-23(27)32-18/h7-12,20H,6H2,1-5H3/b18-11+. The van der Waals surface area contributed by atoms with E-state index in [1.165, 1.54) is 18.4 Å². The largest absolute Gasteiger partial charge is 0.497 e. The number of allylic oxidation sites excluding steroid dienone is 1. The highest BCUT2D eigenvalue weighted by atomic mass is 32.1. The number of benzene rings is 1. The highest BCUT2D eigenvalue weighted by Gasteiger charge is 2.33. The zero-order valence-electron chi connectivity index (χ0n) is 18.6. The summed E-state index contributed by atoms with van der Waals surface area (Å²) in [4.78, 5) is 31.3. The van der Waals surface area contributed by atoms with Crippen LogP contribution in [0.15, 0.2) is 51.5 Å². The molecule has 0 saturated carbocycles. The van der Waals surface area contributed by atoms with Crippen molar-refractivity contribution < 1.29 is 14.3 Å². The van der Waals surface area contributed by atoms with Gasteiger partial charge in [0.05, 0.1) is 41.8 Å². The maximum atomic E-state index is 13.5. The SMILES string of the molecule is CCn1cc(/C=c2/sc3n(c2=O)C(c2ccc(OC)cc2)C(C(=O)OC)=C(C)N=3)c(C)n1. The van der Waals surface area contributed by atoms with E-state index in [9.17, 15) is 9.59 Å². The molecule has 9 heteroatoms. The van der Waals surface area contributed by atoms with E-state index in [1.807, 2.05) is 42.9 Å². The smallest absolute Gasteiger partial charge is 0.338 e. The summed E-state index contributed by atoms with van der Waals surface area (Å²) in [6.45, 7) is 6.43. The predicted octanol–water partition coefficient (Wildman–Crippen LogP) is 1.94. The molecular formula is C23H24N4O4S. The molecule has 166 valence electrons. The van der Waals surface area contributed by atoms with E-state index in [0.717, 1.165) is 23.4 Å². The monoisotopic (exact) mass is 452 g/mol. The highest BCUT2D eigenvalue weighted by molar-refractivity contribution is 7.07. The van der Waals surface area contributed by atoms with Gasteiger partial charge in [0.2, 0.25) is 0 Å². The van der Waals surface area contributed by atoms with Crippen molar-refractivity contribution in [1.29, 1.82) is 0 Å². The number of esters is 1. The van der Waals surface area contributed by atoms with Crippen molar-refractivity contribution in [3.05, 3.63) is 78.2 Å². The van der Waals surface area contributed by atoms with Gasteiger partial charge in [0, 0.05) is 18.3 Å². The Morgan fingerprint density at radius 2 is 1.94 bits per heavy atom. The van der Waals surface area contributed by atoms with E-state index in [0.29, 0.717) is 26.4 Å². The average molecular weight is 453 g/mol. The second kappa shape index (κ2) is 8.58. The van der Waals surface area contributed by atoms with E-state index >= 15 is 0 Å². The first-order valence-corrected chi connectivity index (χ1v) is 11.0. The van der Waals surface area contributed by atoms with Gasteiger partial charge in [-0.15, -0.1) is 0 Å². The molecular weight excluding hydrogens is 428 g/mol. The summed E-state index contributed by atoms with van der Waals surface area (Å²) >= 11 is 1.29. The first-order chi connectivity index (χ1) is 15.4. The number of ether oxygens (including phenoxy) is 2. The number of carbonyl (C=O) groups is 1. The number of thiazole rings is 1. The predicted molar refractivity (Wildman–Crippen MR) is 121 cm³/mol. The molecule has 0 spiro atoms. The molecule has 0 aliphatic carbocycles. The summed E-state index contributed by atoms with van der Waals surface area (Å²) in [7, 11) is 2.91. The summed E-state index contributed by atoms with van der Waals surface area (Å²) in [5, 5.41) is 4.45. The molecule has 0 N–H and O–H groups in total. The summed E-state index contributed by atoms with van der Waals surface area (Å²) in [6, 6.07) is 6.65. The van der Waals surface area contributed by atoms with Gasteiger partial charge in [-0.2, -0.15) is 5.10 Å². The Morgan fingerprint density at radius 3 is 2.53 bits per heavy atom. The molecule has 32 heavy (non-hydrogen) atoms. The molecule has 2 aromatic heterocycles. The normalized spacial score (nSPS) is 16.0. The molecule has 4 rings (SSSR count). The number of aryl methyl sites for hydroxylation is 2. The molecule has 0 amide bonds. The third-order valence-corrected chi connectivity index (χ3v) is 6.44. The zero-order chi connectivity index (χ0) is 23.0. The first kappa shape index (κ1) is 21.8. The van der Waals surface area contributed by atoms with Crippen LogP contribution in [0.2, 0.25) is 0 Å². The van der Waals surface area contributed by atoms with Crippen LogP contribution >= 0.6 is 11.3 Å². The minimum absolute atomic E-state index is 0.216. The van der Waals surface area contributed by atoms with Crippen molar-refractivity contribution in [2.75, 3.05) is 14.2 Å². The van der Waals surface area contributed by atoms with E-state index in [2.05, 4.69) is 10.1 Å². The molecule has 8 nitrogen and oxygen atoms in total. The summed E-state index contributed by atoms with van der Waals surface area (Å²) in [5.41, 5.74) is 3.14. The Balaban J connectivity index is 1.95. The van der Waals surface area contributed by atoms with Crippen LogP contribution in [0.4, 0.5) is 0 Å². The lowest BCUT2D eigenvalue weighted by molar-refractivity contribution is -0.136. The van der Waals surface area contributed by atoms with Gasteiger partial charge >= 0.3 is 5.97 Å². The minimum atomic E-state index is -0.647. The van der Waals surface area contributed by atoms with Gasteiger partial charge in [-0.3, -0.25) is 14.0 Å². The molecule has 1 unspecified atom stereocenters. The van der Waals surface area contributed by atoms with Gasteiger partial charge in [0.15, 0.2) is 4.80 Å². The number of rotatable bonds is 5. The number of fused-ring (bicyclic) bond motifs is 1. The lowest BCUT2D eigenvalue weighted by Crippen LogP contribution is -2.39. The number of methoxy groups -OCH3 is 2. The molecule has 1 aromatic carbocycles. The number of nitrogens with zero attached hydrogens (tertiary/aromatic N) is 4. The van der Waals surface area contributed by atoms with Gasteiger partial charge in [-0.05, 0) is 44.5 Å². The lowest BCUT2D eigenvalue weighted by Gasteiger charge is -2.24. The second-order valence-electron chi connectivity index (χ2n) is 7.37. The van der Waals surface area contributed by atoms with Crippen molar-refractivity contribution in [3.63, 3.8) is 0 Å². The topological polar surface area (TPSA) is 87.7 Å². The average Bonchev–Trinajstić information content (AvgIpc) is 3.31. The third kappa shape index (κ3) is 3.69. The Morgan fingerprint density at radius 1 is 1.22 bits per heavy atom. The molecule has 0 bridgehead atoms. The van der Waals surface area contributed by atoms with Gasteiger partial charge in [0.25, 0.3) is 5.56 Å². The first-order valence-electron chi connectivity index (χ1n) is 10.2. The Bertz CT molecular complexity index is 1390. The van der Waals surface area contributed by atoms with Crippen LogP contribution < -0.4 is 19.6 Å². The Kier molecular flexibility index (Phi) is 5.84. The van der Waals surface area contributed by atoms with Gasteiger partial charge in [0.1, 0.15) is 5.75 Å². The van der Waals surface area contributed by atoms with Gasteiger partial charge < -0.3 is 9.47 Å². The zero-order valence-corrected chi connectivity index (χ0v) is 19.4. The molecule has 3 heterocycles. The molecule has 1 aliphatic rings. The van der Waals surface area contributed by atoms with Crippen molar-refractivity contribution in [2.24, 2.45) is 4.99 Å². The molecule has 0 radical (unpaired) electrons. The molecule has 1 aliphatic heterocycles. The van der Waals surface area contributed by atoms with Crippen LogP contribution in [0.5, 0.6) is 5.75 Å². The molecule has 3 aromatic rings. The third-order valence-electron chi connectivity index (χ3n) is 5.45. The van der Waals surface area contributed by atoms with E-state index < -0.39 is 12.0 Å². The van der Waals surface area contributed by atoms with Crippen molar-refractivity contribution in [1.82, 2.24) is 14.3 Å². The molecule has 1 atom stereocenters. The van der Waals surface area contributed by atoms with E-state index in [-0.39, 0.29) is 5.56 Å². The van der Waals surface area contributed by atoms with Crippen molar-refractivity contribution in [2.45, 2.75) is 33.4 Å². The fourth-order valence-electron chi connectivity index (χ4n) is 3.77. The Labute approximate surface area is 188 Å². The number of hydrogen-bond acceptors (Lipinski definition) is 7. The minimum Gasteiger partial charge on any atom is -0.497 e. The highest BCUT2D eigenvalue weighted by Crippen LogP contribution is 2.31. The van der Waals surface area contributed by atoms with E-state index in [4.69, 9.17) is 9.47 Å².